The minimum Gasteiger partial charge on any atom is -0.470 e. The van der Waals surface area contributed by atoms with Crippen LogP contribution in [0.1, 0.15) is 36.6 Å². The van der Waals surface area contributed by atoms with Crippen molar-refractivity contribution in [1.29, 1.82) is 0 Å². The van der Waals surface area contributed by atoms with Gasteiger partial charge in [-0.25, -0.2) is 23.1 Å². The van der Waals surface area contributed by atoms with Crippen molar-refractivity contribution in [2.75, 3.05) is 12.8 Å². The molecule has 0 spiro atoms. The minimum atomic E-state index is -3.25. The molecule has 5 rings (SSSR count). The molecule has 0 aliphatic heterocycles. The molecule has 3 heterocycles. The fraction of sp³-hybridized carbons (Fsp3) is 0.360. The number of imidazole rings is 1. The van der Waals surface area contributed by atoms with Crippen LogP contribution in [0, 0.1) is 6.92 Å². The van der Waals surface area contributed by atoms with E-state index in [1.165, 1.54) is 6.33 Å². The lowest BCUT2D eigenvalue weighted by Gasteiger charge is -2.12. The van der Waals surface area contributed by atoms with Crippen LogP contribution in [0.25, 0.3) is 22.6 Å². The number of fused-ring (bicyclic) bond motifs is 1. The standard InChI is InChI=1S/C25H27ClN6O3S/c1-16-6-10-27-18(12-16)14-32-22(19-5-4-17(13-20(19)26)7-11-30-36(3,33)34)31-21-23(32)28-15-29-24(21)35-25(2)8-9-25/h4-6,10,12-13,15,30H,7-9,11,14H2,1-3H3. The smallest absolute Gasteiger partial charge is 0.245 e. The molecule has 3 aromatic heterocycles. The van der Waals surface area contributed by atoms with Gasteiger partial charge in [0.2, 0.25) is 15.9 Å². The Morgan fingerprint density at radius 1 is 1.17 bits per heavy atom. The molecule has 1 fully saturated rings. The SMILES string of the molecule is Cc1ccnc(Cn2c(-c3ccc(CCNS(C)(=O)=O)cc3Cl)nc3c(OC4(C)CC4)ncnc32)c1. The predicted molar refractivity (Wildman–Crippen MR) is 139 cm³/mol. The van der Waals surface area contributed by atoms with Crippen LogP contribution in [0.4, 0.5) is 0 Å². The quantitative estimate of drug-likeness (QED) is 0.351. The topological polar surface area (TPSA) is 112 Å². The molecule has 1 saturated carbocycles. The molecule has 0 atom stereocenters. The van der Waals surface area contributed by atoms with Crippen LogP contribution in [0.2, 0.25) is 5.02 Å². The lowest BCUT2D eigenvalue weighted by molar-refractivity contribution is 0.194. The Labute approximate surface area is 215 Å². The Hall–Kier alpha value is -3.08. The highest BCUT2D eigenvalue weighted by Gasteiger charge is 2.41. The van der Waals surface area contributed by atoms with Crippen LogP contribution >= 0.6 is 11.6 Å². The zero-order chi connectivity index (χ0) is 25.5. The third-order valence-electron chi connectivity index (χ3n) is 6.14. The summed E-state index contributed by atoms with van der Waals surface area (Å²) >= 11 is 6.74. The molecule has 1 aromatic carbocycles. The van der Waals surface area contributed by atoms with E-state index in [1.807, 2.05) is 41.8 Å². The zero-order valence-electron chi connectivity index (χ0n) is 20.3. The normalized spacial score (nSPS) is 14.8. The van der Waals surface area contributed by atoms with E-state index in [9.17, 15) is 8.42 Å². The molecule has 0 unspecified atom stereocenters. The molecule has 0 saturated heterocycles. The van der Waals surface area contributed by atoms with Crippen molar-refractivity contribution in [2.24, 2.45) is 0 Å². The van der Waals surface area contributed by atoms with Gasteiger partial charge in [0.15, 0.2) is 11.2 Å². The molecule has 0 bridgehead atoms. The zero-order valence-corrected chi connectivity index (χ0v) is 21.9. The number of nitrogens with one attached hydrogen (secondary N) is 1. The first-order valence-electron chi connectivity index (χ1n) is 11.7. The molecular weight excluding hydrogens is 500 g/mol. The molecule has 0 amide bonds. The number of hydrogen-bond donors (Lipinski definition) is 1. The van der Waals surface area contributed by atoms with Gasteiger partial charge in [-0.3, -0.25) is 4.98 Å². The van der Waals surface area contributed by atoms with Crippen molar-refractivity contribution in [2.45, 2.75) is 45.3 Å². The third-order valence-corrected chi connectivity index (χ3v) is 7.18. The van der Waals surface area contributed by atoms with E-state index in [4.69, 9.17) is 21.3 Å². The molecule has 11 heteroatoms. The monoisotopic (exact) mass is 526 g/mol. The van der Waals surface area contributed by atoms with E-state index in [-0.39, 0.29) is 5.60 Å². The maximum absolute atomic E-state index is 11.4. The molecular formula is C25H27ClN6O3S. The summed E-state index contributed by atoms with van der Waals surface area (Å²) in [4.78, 5) is 18.4. The number of ether oxygens (including phenoxy) is 1. The first-order chi connectivity index (χ1) is 17.1. The number of rotatable bonds is 9. The number of aryl methyl sites for hydroxylation is 1. The average Bonchev–Trinajstić information content (AvgIpc) is 3.42. The highest BCUT2D eigenvalue weighted by Crippen LogP contribution is 2.41. The van der Waals surface area contributed by atoms with Gasteiger partial charge in [0.05, 0.1) is 23.5 Å². The number of halogens is 1. The van der Waals surface area contributed by atoms with Gasteiger partial charge in [-0.05, 0) is 68.5 Å². The Balaban J connectivity index is 1.56. The predicted octanol–water partition coefficient (Wildman–Crippen LogP) is 3.92. The summed E-state index contributed by atoms with van der Waals surface area (Å²) < 4.78 is 33.4. The summed E-state index contributed by atoms with van der Waals surface area (Å²) in [5.74, 6) is 1.09. The maximum atomic E-state index is 11.4. The van der Waals surface area contributed by atoms with Gasteiger partial charge in [0, 0.05) is 18.3 Å². The molecule has 36 heavy (non-hydrogen) atoms. The maximum Gasteiger partial charge on any atom is 0.245 e. The van der Waals surface area contributed by atoms with E-state index in [1.54, 1.807) is 6.20 Å². The van der Waals surface area contributed by atoms with Crippen molar-refractivity contribution in [1.82, 2.24) is 29.2 Å². The Morgan fingerprint density at radius 3 is 2.67 bits per heavy atom. The number of nitrogens with zero attached hydrogens (tertiary/aromatic N) is 5. The van der Waals surface area contributed by atoms with Crippen LogP contribution < -0.4 is 9.46 Å². The Morgan fingerprint density at radius 2 is 1.97 bits per heavy atom. The van der Waals surface area contributed by atoms with Crippen LogP contribution in [-0.2, 0) is 23.0 Å². The second kappa shape index (κ2) is 9.42. The van der Waals surface area contributed by atoms with Gasteiger partial charge < -0.3 is 9.30 Å². The van der Waals surface area contributed by atoms with E-state index < -0.39 is 10.0 Å². The Kier molecular flexibility index (Phi) is 6.44. The van der Waals surface area contributed by atoms with Gasteiger partial charge in [-0.15, -0.1) is 0 Å². The van der Waals surface area contributed by atoms with Crippen molar-refractivity contribution >= 4 is 32.8 Å². The summed E-state index contributed by atoms with van der Waals surface area (Å²) in [5, 5.41) is 0.505. The van der Waals surface area contributed by atoms with E-state index >= 15 is 0 Å². The fourth-order valence-corrected chi connectivity index (χ4v) is 4.74. The van der Waals surface area contributed by atoms with Gasteiger partial charge in [0.25, 0.3) is 0 Å². The fourth-order valence-electron chi connectivity index (χ4n) is 3.98. The van der Waals surface area contributed by atoms with E-state index in [0.717, 1.165) is 41.5 Å². The highest BCUT2D eigenvalue weighted by molar-refractivity contribution is 7.88. The molecule has 1 aliphatic carbocycles. The summed E-state index contributed by atoms with van der Waals surface area (Å²) in [6.45, 7) is 4.82. The first-order valence-corrected chi connectivity index (χ1v) is 13.9. The van der Waals surface area contributed by atoms with Crippen molar-refractivity contribution in [3.63, 3.8) is 0 Å². The third kappa shape index (κ3) is 5.50. The van der Waals surface area contributed by atoms with Gasteiger partial charge in [0.1, 0.15) is 17.8 Å². The van der Waals surface area contributed by atoms with Crippen LogP contribution in [-0.4, -0.2) is 51.3 Å². The summed E-state index contributed by atoms with van der Waals surface area (Å²) in [6.07, 6.45) is 6.88. The van der Waals surface area contributed by atoms with Crippen molar-refractivity contribution in [3.8, 4) is 17.3 Å². The van der Waals surface area contributed by atoms with Crippen molar-refractivity contribution in [3.05, 3.63) is 64.7 Å². The Bertz CT molecular complexity index is 1550. The number of benzene rings is 1. The number of hydrogen-bond acceptors (Lipinski definition) is 7. The number of sulfonamides is 1. The molecule has 188 valence electrons. The molecule has 4 aromatic rings. The highest BCUT2D eigenvalue weighted by atomic mass is 35.5. The van der Waals surface area contributed by atoms with Crippen LogP contribution in [0.5, 0.6) is 5.88 Å². The summed E-state index contributed by atoms with van der Waals surface area (Å²) in [6, 6.07) is 9.64. The lowest BCUT2D eigenvalue weighted by Crippen LogP contribution is -2.24. The van der Waals surface area contributed by atoms with E-state index in [2.05, 4.69) is 26.6 Å². The molecule has 0 radical (unpaired) electrons. The summed E-state index contributed by atoms with van der Waals surface area (Å²) in [5.41, 5.74) is 4.61. The second-order valence-electron chi connectivity index (χ2n) is 9.48. The van der Waals surface area contributed by atoms with Gasteiger partial charge in [-0.2, -0.15) is 4.98 Å². The van der Waals surface area contributed by atoms with Crippen molar-refractivity contribution < 1.29 is 13.2 Å². The van der Waals surface area contributed by atoms with Crippen LogP contribution in [0.3, 0.4) is 0 Å². The molecule has 1 N–H and O–H groups in total. The number of pyridine rings is 1. The molecule has 9 nitrogen and oxygen atoms in total. The van der Waals surface area contributed by atoms with E-state index in [0.29, 0.717) is 47.4 Å². The molecule has 1 aliphatic rings. The second-order valence-corrected chi connectivity index (χ2v) is 11.7. The largest absolute Gasteiger partial charge is 0.470 e. The van der Waals surface area contributed by atoms with Gasteiger partial charge >= 0.3 is 0 Å². The lowest BCUT2D eigenvalue weighted by atomic mass is 10.1. The first kappa shape index (κ1) is 24.6. The number of aromatic nitrogens is 5. The summed E-state index contributed by atoms with van der Waals surface area (Å²) in [7, 11) is -3.25. The van der Waals surface area contributed by atoms with Crippen LogP contribution in [0.15, 0.2) is 42.9 Å². The van der Waals surface area contributed by atoms with Gasteiger partial charge in [-0.1, -0.05) is 17.7 Å². The minimum absolute atomic E-state index is 0.220. The average molecular weight is 527 g/mol.